The van der Waals surface area contributed by atoms with Crippen molar-refractivity contribution in [2.45, 2.75) is 19.8 Å². The van der Waals surface area contributed by atoms with E-state index >= 15 is 0 Å². The molecule has 0 fully saturated rings. The van der Waals surface area contributed by atoms with E-state index < -0.39 is 11.6 Å². The zero-order chi connectivity index (χ0) is 26.5. The number of pyridine rings is 1. The van der Waals surface area contributed by atoms with Gasteiger partial charge < -0.3 is 19.3 Å². The van der Waals surface area contributed by atoms with Crippen molar-refractivity contribution in [3.8, 4) is 11.4 Å². The molecule has 10 heteroatoms. The molecule has 0 bridgehead atoms. The summed E-state index contributed by atoms with van der Waals surface area (Å²) >= 11 is 0. The first-order valence-electron chi connectivity index (χ1n) is 11.9. The fraction of sp³-hybridized carbons (Fsp3) is 0.333. The fourth-order valence-corrected chi connectivity index (χ4v) is 4.23. The Morgan fingerprint density at radius 3 is 2.76 bits per heavy atom. The van der Waals surface area contributed by atoms with Crippen LogP contribution in [0.5, 0.6) is 0 Å². The quantitative estimate of drug-likeness (QED) is 0.446. The van der Waals surface area contributed by atoms with Gasteiger partial charge in [-0.05, 0) is 42.7 Å². The highest BCUT2D eigenvalue weighted by Crippen LogP contribution is 2.25. The predicted molar refractivity (Wildman–Crippen MR) is 135 cm³/mol. The molecular weight excluding hydrogens is 480 g/mol. The van der Waals surface area contributed by atoms with Crippen LogP contribution in [0.1, 0.15) is 24.1 Å². The van der Waals surface area contributed by atoms with Crippen LogP contribution in [0.25, 0.3) is 11.4 Å². The minimum atomic E-state index is -0.766. The van der Waals surface area contributed by atoms with E-state index in [4.69, 9.17) is 9.72 Å². The Bertz CT molecular complexity index is 1400. The molecule has 0 saturated carbocycles. The predicted octanol–water partition coefficient (Wildman–Crippen LogP) is 3.06. The second-order valence-corrected chi connectivity index (χ2v) is 8.97. The molecule has 0 aliphatic carbocycles. The number of nitrogens with zero attached hydrogens (tertiary/aromatic N) is 5. The summed E-state index contributed by atoms with van der Waals surface area (Å²) in [6, 6.07) is 8.97. The summed E-state index contributed by atoms with van der Waals surface area (Å²) in [6.45, 7) is 4.96. The van der Waals surface area contributed by atoms with Crippen LogP contribution >= 0.6 is 0 Å². The molecule has 0 radical (unpaired) electrons. The Labute approximate surface area is 213 Å². The normalized spacial score (nSPS) is 14.8. The molecular formula is C27H29F2N5O3. The molecule has 194 valence electrons. The first kappa shape index (κ1) is 26.3. The van der Waals surface area contributed by atoms with E-state index in [0.717, 1.165) is 17.3 Å². The number of rotatable bonds is 9. The maximum atomic E-state index is 14.9. The van der Waals surface area contributed by atoms with Crippen molar-refractivity contribution in [3.05, 3.63) is 82.2 Å². The van der Waals surface area contributed by atoms with Crippen molar-refractivity contribution >= 4 is 12.1 Å². The highest BCUT2D eigenvalue weighted by Gasteiger charge is 2.20. The molecule has 1 aromatic carbocycles. The van der Waals surface area contributed by atoms with Gasteiger partial charge in [-0.1, -0.05) is 6.92 Å². The third kappa shape index (κ3) is 5.98. The van der Waals surface area contributed by atoms with E-state index in [0.29, 0.717) is 35.4 Å². The second kappa shape index (κ2) is 11.5. The average molecular weight is 510 g/mol. The van der Waals surface area contributed by atoms with Crippen molar-refractivity contribution in [1.82, 2.24) is 14.5 Å². The first-order chi connectivity index (χ1) is 17.8. The summed E-state index contributed by atoms with van der Waals surface area (Å²) in [5.74, 6) is -0.733. The van der Waals surface area contributed by atoms with Crippen molar-refractivity contribution < 1.29 is 23.4 Å². The van der Waals surface area contributed by atoms with Crippen molar-refractivity contribution in [1.29, 1.82) is 0 Å². The van der Waals surface area contributed by atoms with Gasteiger partial charge in [0.15, 0.2) is 0 Å². The number of aliphatic hydroxyl groups is 1. The van der Waals surface area contributed by atoms with Gasteiger partial charge in [0.1, 0.15) is 35.1 Å². The molecule has 3 heterocycles. The summed E-state index contributed by atoms with van der Waals surface area (Å²) in [4.78, 5) is 27.0. The van der Waals surface area contributed by atoms with Crippen LogP contribution in [-0.4, -0.2) is 58.8 Å². The highest BCUT2D eigenvalue weighted by atomic mass is 19.1. The number of hydrogen-bond donors (Lipinski definition) is 1. The Kier molecular flexibility index (Phi) is 8.20. The van der Waals surface area contributed by atoms with Crippen LogP contribution in [0.4, 0.5) is 14.6 Å². The van der Waals surface area contributed by atoms with Crippen LogP contribution < -0.4 is 10.4 Å². The van der Waals surface area contributed by atoms with Gasteiger partial charge in [0, 0.05) is 49.7 Å². The Balaban J connectivity index is 1.86. The van der Waals surface area contributed by atoms with Crippen LogP contribution in [0, 0.1) is 18.6 Å². The van der Waals surface area contributed by atoms with Gasteiger partial charge in [0.2, 0.25) is 0 Å². The molecule has 2 aromatic heterocycles. The molecule has 0 saturated heterocycles. The minimum Gasteiger partial charge on any atom is -0.395 e. The van der Waals surface area contributed by atoms with Gasteiger partial charge in [-0.2, -0.15) is 0 Å². The maximum absolute atomic E-state index is 14.9. The van der Waals surface area contributed by atoms with Gasteiger partial charge in [0.25, 0.3) is 0 Å². The number of aryl methyl sites for hydroxylation is 1. The van der Waals surface area contributed by atoms with Crippen molar-refractivity contribution in [3.63, 3.8) is 0 Å². The lowest BCUT2D eigenvalue weighted by molar-refractivity contribution is -0.105. The summed E-state index contributed by atoms with van der Waals surface area (Å²) in [7, 11) is 1.67. The standard InChI is InChI=1S/C27H29F2N5O3/c1-17(19-6-7-30-18(2)10-19)13-34(8-9-35)26-12-25(31-24-16-37-15-20(24)14-36)33(3)27(32-26)22-5-4-21(28)11-23(22)29/h4-7,10-12,14,17,35H,8-9,13,15-16H2,1-3H3. The van der Waals surface area contributed by atoms with E-state index in [1.54, 1.807) is 23.9 Å². The van der Waals surface area contributed by atoms with Crippen LogP contribution in [-0.2, 0) is 16.6 Å². The summed E-state index contributed by atoms with van der Waals surface area (Å²) in [6.07, 6.45) is 2.47. The molecule has 1 unspecified atom stereocenters. The number of carbonyl (C=O) groups is 1. The molecule has 3 aromatic rings. The van der Waals surface area contributed by atoms with Crippen LogP contribution in [0.15, 0.2) is 58.9 Å². The van der Waals surface area contributed by atoms with Crippen molar-refractivity contribution in [2.24, 2.45) is 12.0 Å². The number of aldehydes is 1. The van der Waals surface area contributed by atoms with Crippen LogP contribution in [0.3, 0.4) is 0 Å². The smallest absolute Gasteiger partial charge is 0.150 e. The molecule has 4 rings (SSSR count). The molecule has 1 aliphatic rings. The fourth-order valence-electron chi connectivity index (χ4n) is 4.23. The maximum Gasteiger partial charge on any atom is 0.150 e. The van der Waals surface area contributed by atoms with E-state index in [1.165, 1.54) is 12.1 Å². The zero-order valence-electron chi connectivity index (χ0n) is 21.0. The topological polar surface area (TPSA) is 92.8 Å². The molecule has 1 aliphatic heterocycles. The number of aromatic nitrogens is 3. The number of anilines is 1. The number of carbonyl (C=O) groups excluding carboxylic acids is 1. The van der Waals surface area contributed by atoms with E-state index in [9.17, 15) is 18.7 Å². The van der Waals surface area contributed by atoms with E-state index in [1.807, 2.05) is 24.0 Å². The minimum absolute atomic E-state index is 0.0583. The highest BCUT2D eigenvalue weighted by molar-refractivity contribution is 5.75. The lowest BCUT2D eigenvalue weighted by atomic mass is 10.0. The Hall–Kier alpha value is -3.76. The summed E-state index contributed by atoms with van der Waals surface area (Å²) < 4.78 is 35.5. The van der Waals surface area contributed by atoms with Gasteiger partial charge in [-0.25, -0.2) is 18.8 Å². The van der Waals surface area contributed by atoms with Gasteiger partial charge in [0.05, 0.1) is 31.1 Å². The molecule has 8 nitrogen and oxygen atoms in total. The molecule has 37 heavy (non-hydrogen) atoms. The average Bonchev–Trinajstić information content (AvgIpc) is 3.32. The number of benzene rings is 1. The first-order valence-corrected chi connectivity index (χ1v) is 11.9. The lowest BCUT2D eigenvalue weighted by Gasteiger charge is -2.27. The number of hydrogen-bond acceptors (Lipinski definition) is 7. The Morgan fingerprint density at radius 2 is 2.05 bits per heavy atom. The molecule has 1 atom stereocenters. The third-order valence-corrected chi connectivity index (χ3v) is 6.25. The molecule has 1 N–H and O–H groups in total. The number of ether oxygens (including phenoxy) is 1. The number of halogens is 2. The van der Waals surface area contributed by atoms with Gasteiger partial charge in [-0.15, -0.1) is 0 Å². The summed E-state index contributed by atoms with van der Waals surface area (Å²) in [5, 5.41) is 9.83. The van der Waals surface area contributed by atoms with Crippen molar-refractivity contribution in [2.75, 3.05) is 37.8 Å². The number of aliphatic hydroxyl groups excluding tert-OH is 1. The molecule has 0 amide bonds. The third-order valence-electron chi connectivity index (χ3n) is 6.25. The van der Waals surface area contributed by atoms with Crippen LogP contribution in [0.2, 0.25) is 0 Å². The molecule has 0 spiro atoms. The SMILES string of the molecule is Cc1cc(C(C)CN(CCO)c2cc(=NC3=C(C=O)COC3)n(C)c(-c3ccc(F)cc3F)n2)ccn1. The second-order valence-electron chi connectivity index (χ2n) is 8.97. The largest absolute Gasteiger partial charge is 0.395 e. The summed E-state index contributed by atoms with van der Waals surface area (Å²) in [5.41, 5.74) is 3.38. The van der Waals surface area contributed by atoms with Gasteiger partial charge in [-0.3, -0.25) is 9.78 Å². The zero-order valence-corrected chi connectivity index (χ0v) is 21.0. The van der Waals surface area contributed by atoms with Gasteiger partial charge >= 0.3 is 0 Å². The Morgan fingerprint density at radius 1 is 1.24 bits per heavy atom. The monoisotopic (exact) mass is 509 g/mol. The van der Waals surface area contributed by atoms with E-state index in [-0.39, 0.29) is 43.7 Å². The lowest BCUT2D eigenvalue weighted by Crippen LogP contribution is -2.34. The van der Waals surface area contributed by atoms with E-state index in [2.05, 4.69) is 16.9 Å².